The van der Waals surface area contributed by atoms with E-state index in [1.807, 2.05) is 0 Å². The Morgan fingerprint density at radius 3 is 1.02 bits per heavy atom. The molecule has 0 unspecified atom stereocenters. The lowest BCUT2D eigenvalue weighted by Crippen LogP contribution is -2.31. The number of hydrogen-bond acceptors (Lipinski definition) is 14. The molecule has 0 atom stereocenters. The Labute approximate surface area is 266 Å². The first kappa shape index (κ1) is 43.2. The molecule has 16 nitrogen and oxygen atoms in total. The topological polar surface area (TPSA) is 177 Å². The quantitative estimate of drug-likeness (QED) is 0.0643. The van der Waals surface area contributed by atoms with Crippen molar-refractivity contribution in [3.05, 3.63) is 12.7 Å². The standard InChI is InChI=1S/C29H55NO15/c1-2-4-34-6-8-36-10-12-38-14-16-40-18-20-42-22-24-44-25-23-43-21-19-41-17-15-39-13-11-37-9-7-35-5-3-30-28(31)26-45-27-29(32)33/h2H,1,3-27H2,(H,30,31)(H,32,33). The maximum atomic E-state index is 11.3. The molecular formula is C29H55NO15. The number of carbonyl (C=O) groups excluding carboxylic acids is 1. The van der Waals surface area contributed by atoms with E-state index in [1.54, 1.807) is 6.08 Å². The summed E-state index contributed by atoms with van der Waals surface area (Å²) in [7, 11) is 0. The van der Waals surface area contributed by atoms with Gasteiger partial charge in [-0.1, -0.05) is 6.08 Å². The highest BCUT2D eigenvalue weighted by Gasteiger charge is 2.03. The summed E-state index contributed by atoms with van der Waals surface area (Å²) in [5, 5.41) is 11.0. The van der Waals surface area contributed by atoms with Crippen LogP contribution in [0.3, 0.4) is 0 Å². The molecular weight excluding hydrogens is 602 g/mol. The van der Waals surface area contributed by atoms with E-state index in [0.29, 0.717) is 152 Å². The van der Waals surface area contributed by atoms with Crippen molar-refractivity contribution in [1.82, 2.24) is 5.32 Å². The molecule has 266 valence electrons. The SMILES string of the molecule is C=CCOCCOCCOCCOCCOCCOCCOCCOCCOCCOCCOCCNC(=O)COCC(=O)O. The van der Waals surface area contributed by atoms with Gasteiger partial charge in [0.25, 0.3) is 0 Å². The maximum absolute atomic E-state index is 11.3. The molecule has 0 rings (SSSR count). The van der Waals surface area contributed by atoms with Gasteiger partial charge in [0, 0.05) is 6.54 Å². The predicted octanol–water partition coefficient (Wildman–Crippen LogP) is -0.428. The lowest BCUT2D eigenvalue weighted by molar-refractivity contribution is -0.143. The first-order valence-electron chi connectivity index (χ1n) is 15.2. The Hall–Kier alpha value is -1.80. The van der Waals surface area contributed by atoms with E-state index in [9.17, 15) is 9.59 Å². The van der Waals surface area contributed by atoms with Gasteiger partial charge in [-0.05, 0) is 0 Å². The van der Waals surface area contributed by atoms with Crippen LogP contribution in [0.15, 0.2) is 12.7 Å². The van der Waals surface area contributed by atoms with Crippen molar-refractivity contribution in [1.29, 1.82) is 0 Å². The molecule has 0 bridgehead atoms. The van der Waals surface area contributed by atoms with Crippen molar-refractivity contribution in [2.45, 2.75) is 0 Å². The van der Waals surface area contributed by atoms with Crippen LogP contribution in [0.2, 0.25) is 0 Å². The number of amides is 1. The number of hydrogen-bond donors (Lipinski definition) is 2. The molecule has 0 aliphatic rings. The van der Waals surface area contributed by atoms with Crippen molar-refractivity contribution in [3.8, 4) is 0 Å². The van der Waals surface area contributed by atoms with E-state index >= 15 is 0 Å². The Morgan fingerprint density at radius 1 is 0.444 bits per heavy atom. The van der Waals surface area contributed by atoms with Crippen LogP contribution in [0.25, 0.3) is 0 Å². The van der Waals surface area contributed by atoms with Crippen LogP contribution in [0.5, 0.6) is 0 Å². The van der Waals surface area contributed by atoms with Crippen molar-refractivity contribution in [3.63, 3.8) is 0 Å². The molecule has 2 N–H and O–H groups in total. The fraction of sp³-hybridized carbons (Fsp3) is 0.862. The summed E-state index contributed by atoms with van der Waals surface area (Å²) in [4.78, 5) is 21.6. The number of rotatable bonds is 39. The van der Waals surface area contributed by atoms with Gasteiger partial charge in [0.05, 0.1) is 145 Å². The lowest BCUT2D eigenvalue weighted by atomic mass is 10.6. The molecule has 16 heteroatoms. The van der Waals surface area contributed by atoms with Crippen LogP contribution in [-0.4, -0.2) is 182 Å². The summed E-state index contributed by atoms with van der Waals surface area (Å²) in [5.41, 5.74) is 0. The van der Waals surface area contributed by atoms with E-state index in [-0.39, 0.29) is 6.61 Å². The van der Waals surface area contributed by atoms with Crippen LogP contribution in [-0.2, 0) is 66.4 Å². The van der Waals surface area contributed by atoms with Gasteiger partial charge in [0.15, 0.2) is 0 Å². The van der Waals surface area contributed by atoms with Gasteiger partial charge in [-0.15, -0.1) is 6.58 Å². The summed E-state index contributed by atoms with van der Waals surface area (Å²) in [6.45, 7) is 13.6. The Balaban J connectivity index is 3.09. The van der Waals surface area contributed by atoms with E-state index < -0.39 is 18.5 Å². The van der Waals surface area contributed by atoms with E-state index in [2.05, 4.69) is 16.6 Å². The van der Waals surface area contributed by atoms with Gasteiger partial charge in [-0.25, -0.2) is 4.79 Å². The van der Waals surface area contributed by atoms with E-state index in [1.165, 1.54) is 0 Å². The summed E-state index contributed by atoms with van der Waals surface area (Å²) < 4.78 is 64.0. The first-order chi connectivity index (χ1) is 22.2. The van der Waals surface area contributed by atoms with Gasteiger partial charge in [0.1, 0.15) is 13.2 Å². The summed E-state index contributed by atoms with van der Waals surface area (Å²) in [6.07, 6.45) is 1.70. The van der Waals surface area contributed by atoms with Crippen molar-refractivity contribution in [2.24, 2.45) is 0 Å². The number of aliphatic carboxylic acids is 1. The number of ether oxygens (including phenoxy) is 12. The highest BCUT2D eigenvalue weighted by molar-refractivity contribution is 5.77. The minimum Gasteiger partial charge on any atom is -0.480 e. The third-order valence-electron chi connectivity index (χ3n) is 4.98. The second-order valence-corrected chi connectivity index (χ2v) is 8.72. The molecule has 0 fully saturated rings. The fourth-order valence-electron chi connectivity index (χ4n) is 2.91. The molecule has 0 aromatic heterocycles. The molecule has 0 saturated carbocycles. The molecule has 0 aromatic rings. The molecule has 0 radical (unpaired) electrons. The summed E-state index contributed by atoms with van der Waals surface area (Å²) in [6, 6.07) is 0. The molecule has 0 saturated heterocycles. The molecule has 45 heavy (non-hydrogen) atoms. The largest absolute Gasteiger partial charge is 0.480 e. The zero-order valence-corrected chi connectivity index (χ0v) is 26.6. The summed E-state index contributed by atoms with van der Waals surface area (Å²) >= 11 is 0. The van der Waals surface area contributed by atoms with Gasteiger partial charge in [0.2, 0.25) is 5.91 Å². The predicted molar refractivity (Wildman–Crippen MR) is 161 cm³/mol. The fourth-order valence-corrected chi connectivity index (χ4v) is 2.91. The van der Waals surface area contributed by atoms with Crippen LogP contribution in [0.4, 0.5) is 0 Å². The van der Waals surface area contributed by atoms with E-state index in [0.717, 1.165) is 0 Å². The zero-order valence-electron chi connectivity index (χ0n) is 26.6. The van der Waals surface area contributed by atoms with Crippen molar-refractivity contribution in [2.75, 3.05) is 165 Å². The van der Waals surface area contributed by atoms with Crippen molar-refractivity contribution < 1.29 is 71.5 Å². The first-order valence-corrected chi connectivity index (χ1v) is 15.2. The molecule has 0 aromatic carbocycles. The maximum Gasteiger partial charge on any atom is 0.329 e. The van der Waals surface area contributed by atoms with Crippen molar-refractivity contribution >= 4 is 11.9 Å². The third-order valence-corrected chi connectivity index (χ3v) is 4.98. The minimum absolute atomic E-state index is 0.300. The van der Waals surface area contributed by atoms with Crippen LogP contribution in [0.1, 0.15) is 0 Å². The molecule has 0 heterocycles. The highest BCUT2D eigenvalue weighted by Crippen LogP contribution is 1.87. The second kappa shape index (κ2) is 38.4. The Kier molecular flexibility index (Phi) is 36.8. The second-order valence-electron chi connectivity index (χ2n) is 8.72. The normalized spacial score (nSPS) is 11.2. The lowest BCUT2D eigenvalue weighted by Gasteiger charge is -2.09. The average molecular weight is 658 g/mol. The molecule has 0 aliphatic heterocycles. The number of carboxylic acid groups (broad SMARTS) is 1. The number of nitrogens with one attached hydrogen (secondary N) is 1. The molecule has 0 aliphatic carbocycles. The monoisotopic (exact) mass is 657 g/mol. The Bertz CT molecular complexity index is 645. The number of carboxylic acids is 1. The number of carbonyl (C=O) groups is 2. The molecule has 1 amide bonds. The zero-order chi connectivity index (χ0) is 32.7. The Morgan fingerprint density at radius 2 is 0.733 bits per heavy atom. The van der Waals surface area contributed by atoms with Gasteiger partial charge >= 0.3 is 5.97 Å². The van der Waals surface area contributed by atoms with Crippen LogP contribution < -0.4 is 5.32 Å². The molecule has 0 spiro atoms. The highest BCUT2D eigenvalue weighted by atomic mass is 16.6. The summed E-state index contributed by atoms with van der Waals surface area (Å²) in [5.74, 6) is -1.52. The smallest absolute Gasteiger partial charge is 0.329 e. The van der Waals surface area contributed by atoms with Crippen LogP contribution in [0, 0.1) is 0 Å². The third kappa shape index (κ3) is 40.2. The van der Waals surface area contributed by atoms with Gasteiger partial charge < -0.3 is 67.3 Å². The minimum atomic E-state index is -1.12. The average Bonchev–Trinajstić information content (AvgIpc) is 3.02. The van der Waals surface area contributed by atoms with E-state index in [4.69, 9.17) is 57.2 Å². The van der Waals surface area contributed by atoms with Gasteiger partial charge in [-0.3, -0.25) is 4.79 Å². The van der Waals surface area contributed by atoms with Crippen LogP contribution >= 0.6 is 0 Å². The van der Waals surface area contributed by atoms with Gasteiger partial charge in [-0.2, -0.15) is 0 Å².